The van der Waals surface area contributed by atoms with Crippen molar-refractivity contribution in [3.63, 3.8) is 0 Å². The number of anilines is 1. The maximum absolute atomic E-state index is 11.3. The van der Waals surface area contributed by atoms with E-state index in [-0.39, 0.29) is 12.0 Å². The van der Waals surface area contributed by atoms with E-state index >= 15 is 0 Å². The van der Waals surface area contributed by atoms with Gasteiger partial charge in [0, 0.05) is 13.5 Å². The Morgan fingerprint density at radius 1 is 1.32 bits per heavy atom. The van der Waals surface area contributed by atoms with Crippen molar-refractivity contribution in [1.29, 1.82) is 0 Å². The molecule has 3 aromatic heterocycles. The molecule has 1 saturated carbocycles. The molecule has 3 heterocycles. The summed E-state index contributed by atoms with van der Waals surface area (Å²) >= 11 is 0. The van der Waals surface area contributed by atoms with Gasteiger partial charge in [0.1, 0.15) is 11.4 Å². The number of pyridine rings is 1. The van der Waals surface area contributed by atoms with Crippen LogP contribution in [-0.4, -0.2) is 47.3 Å². The van der Waals surface area contributed by atoms with Crippen molar-refractivity contribution in [2.24, 2.45) is 18.9 Å². The maximum Gasteiger partial charge on any atom is 0.306 e. The predicted octanol–water partition coefficient (Wildman–Crippen LogP) is 3.40. The molecular formula is C23H31N7O4. The second-order valence-corrected chi connectivity index (χ2v) is 9.19. The van der Waals surface area contributed by atoms with Crippen molar-refractivity contribution in [3.8, 4) is 17.1 Å². The van der Waals surface area contributed by atoms with Gasteiger partial charge >= 0.3 is 5.97 Å². The number of carbonyl (C=O) groups is 1. The predicted molar refractivity (Wildman–Crippen MR) is 123 cm³/mol. The van der Waals surface area contributed by atoms with E-state index in [1.165, 1.54) is 0 Å². The molecule has 0 spiro atoms. The third kappa shape index (κ3) is 5.52. The Morgan fingerprint density at radius 3 is 2.88 bits per heavy atom. The van der Waals surface area contributed by atoms with Crippen molar-refractivity contribution in [3.05, 3.63) is 29.4 Å². The van der Waals surface area contributed by atoms with Gasteiger partial charge in [0.2, 0.25) is 5.89 Å². The van der Waals surface area contributed by atoms with Crippen LogP contribution in [0.3, 0.4) is 0 Å². The van der Waals surface area contributed by atoms with Crippen molar-refractivity contribution in [1.82, 2.24) is 30.1 Å². The molecule has 0 unspecified atom stereocenters. The number of aromatic nitrogens is 6. The van der Waals surface area contributed by atoms with E-state index in [4.69, 9.17) is 14.2 Å². The van der Waals surface area contributed by atoms with Crippen LogP contribution in [0.1, 0.15) is 56.8 Å². The molecule has 2 atom stereocenters. The zero-order chi connectivity index (χ0) is 24.2. The minimum absolute atomic E-state index is 0.118. The summed E-state index contributed by atoms with van der Waals surface area (Å²) in [4.78, 5) is 20.4. The van der Waals surface area contributed by atoms with Crippen LogP contribution >= 0.6 is 0 Å². The van der Waals surface area contributed by atoms with Crippen LogP contribution in [0, 0.1) is 18.8 Å². The maximum atomic E-state index is 11.3. The van der Waals surface area contributed by atoms with Crippen LogP contribution in [-0.2, 0) is 24.8 Å². The van der Waals surface area contributed by atoms with Gasteiger partial charge in [0.05, 0.1) is 35.6 Å². The highest BCUT2D eigenvalue weighted by Crippen LogP contribution is 2.30. The molecule has 4 rings (SSSR count). The fourth-order valence-corrected chi connectivity index (χ4v) is 4.16. The third-order valence-corrected chi connectivity index (χ3v) is 5.96. The molecule has 0 amide bonds. The van der Waals surface area contributed by atoms with Crippen LogP contribution in [0.4, 0.5) is 5.95 Å². The normalized spacial score (nSPS) is 18.3. The van der Waals surface area contributed by atoms with Crippen molar-refractivity contribution in [2.75, 3.05) is 5.32 Å². The Kier molecular flexibility index (Phi) is 7.09. The SMILES string of the molecule is Cc1nc(-c2nnn(C)c2CNc2noc(CC(C)C)n2)ccc1O[C@H]1CCC[C@H](C(=O)O)C1. The summed E-state index contributed by atoms with van der Waals surface area (Å²) in [6, 6.07) is 3.72. The minimum Gasteiger partial charge on any atom is -0.489 e. The molecule has 11 nitrogen and oxygen atoms in total. The van der Waals surface area contributed by atoms with E-state index < -0.39 is 5.97 Å². The van der Waals surface area contributed by atoms with Gasteiger partial charge in [-0.05, 0) is 55.8 Å². The number of aliphatic carboxylic acids is 1. The Hall–Kier alpha value is -3.50. The highest BCUT2D eigenvalue weighted by atomic mass is 16.5. The van der Waals surface area contributed by atoms with Gasteiger partial charge in [-0.2, -0.15) is 4.98 Å². The summed E-state index contributed by atoms with van der Waals surface area (Å²) in [5.74, 6) is 1.01. The Bertz CT molecular complexity index is 1140. The number of carboxylic acids is 1. The molecule has 1 fully saturated rings. The monoisotopic (exact) mass is 469 g/mol. The largest absolute Gasteiger partial charge is 0.489 e. The first-order valence-electron chi connectivity index (χ1n) is 11.6. The highest BCUT2D eigenvalue weighted by Gasteiger charge is 2.28. The van der Waals surface area contributed by atoms with E-state index in [0.29, 0.717) is 54.3 Å². The van der Waals surface area contributed by atoms with Crippen LogP contribution in [0.25, 0.3) is 11.4 Å². The Labute approximate surface area is 197 Å². The average Bonchev–Trinajstić information content (AvgIpc) is 3.39. The van der Waals surface area contributed by atoms with Gasteiger partial charge in [-0.15, -0.1) is 5.10 Å². The molecule has 34 heavy (non-hydrogen) atoms. The Morgan fingerprint density at radius 2 is 2.15 bits per heavy atom. The summed E-state index contributed by atoms with van der Waals surface area (Å²) in [6.07, 6.45) is 3.53. The first-order valence-corrected chi connectivity index (χ1v) is 11.6. The third-order valence-electron chi connectivity index (χ3n) is 5.96. The first-order chi connectivity index (χ1) is 16.3. The molecule has 11 heteroatoms. The van der Waals surface area contributed by atoms with Crippen molar-refractivity contribution < 1.29 is 19.2 Å². The lowest BCUT2D eigenvalue weighted by molar-refractivity contribution is -0.143. The second-order valence-electron chi connectivity index (χ2n) is 9.19. The lowest BCUT2D eigenvalue weighted by atomic mass is 9.87. The van der Waals surface area contributed by atoms with Gasteiger partial charge in [-0.3, -0.25) is 4.79 Å². The fraction of sp³-hybridized carbons (Fsp3) is 0.565. The number of nitrogens with zero attached hydrogens (tertiary/aromatic N) is 6. The van der Waals surface area contributed by atoms with Crippen LogP contribution < -0.4 is 10.1 Å². The van der Waals surface area contributed by atoms with Gasteiger partial charge in [-0.25, -0.2) is 9.67 Å². The minimum atomic E-state index is -0.751. The molecule has 1 aliphatic rings. The van der Waals surface area contributed by atoms with E-state index in [9.17, 15) is 9.90 Å². The van der Waals surface area contributed by atoms with E-state index in [1.807, 2.05) is 26.1 Å². The van der Waals surface area contributed by atoms with Crippen molar-refractivity contribution in [2.45, 2.75) is 65.5 Å². The fourth-order valence-electron chi connectivity index (χ4n) is 4.16. The molecule has 0 aliphatic heterocycles. The van der Waals surface area contributed by atoms with E-state index in [1.54, 1.807) is 4.68 Å². The number of hydrogen-bond acceptors (Lipinski definition) is 9. The lowest BCUT2D eigenvalue weighted by Crippen LogP contribution is -2.29. The molecule has 0 aromatic carbocycles. The van der Waals surface area contributed by atoms with Gasteiger partial charge in [-0.1, -0.05) is 19.1 Å². The number of aryl methyl sites for hydroxylation is 2. The summed E-state index contributed by atoms with van der Waals surface area (Å²) in [6.45, 7) is 6.47. The molecule has 3 aromatic rings. The van der Waals surface area contributed by atoms with Crippen molar-refractivity contribution >= 4 is 11.9 Å². The number of carboxylic acid groups (broad SMARTS) is 1. The summed E-state index contributed by atoms with van der Waals surface area (Å²) in [5.41, 5.74) is 2.87. The van der Waals surface area contributed by atoms with Crippen LogP contribution in [0.5, 0.6) is 5.75 Å². The van der Waals surface area contributed by atoms with Crippen LogP contribution in [0.15, 0.2) is 16.7 Å². The van der Waals surface area contributed by atoms with Crippen LogP contribution in [0.2, 0.25) is 0 Å². The van der Waals surface area contributed by atoms with Gasteiger partial charge in [0.25, 0.3) is 5.95 Å². The smallest absolute Gasteiger partial charge is 0.306 e. The molecule has 1 aliphatic carbocycles. The van der Waals surface area contributed by atoms with Gasteiger partial charge < -0.3 is 19.7 Å². The number of nitrogens with one attached hydrogen (secondary N) is 1. The number of hydrogen-bond donors (Lipinski definition) is 2. The molecule has 2 N–H and O–H groups in total. The first kappa shape index (κ1) is 23.7. The standard InChI is InChI=1S/C23H31N7O4/c1-13(2)10-20-26-23(28-34-20)24-12-18-21(27-29-30(18)4)17-8-9-19(14(3)25-17)33-16-7-5-6-15(11-16)22(31)32/h8-9,13,15-16H,5-7,10-12H2,1-4H3,(H,24,28)(H,31,32)/t15-,16-/m0/s1. The average molecular weight is 470 g/mol. The van der Waals surface area contributed by atoms with Gasteiger partial charge in [0.15, 0.2) is 0 Å². The number of ether oxygens (including phenoxy) is 1. The number of rotatable bonds is 9. The molecule has 0 radical (unpaired) electrons. The quantitative estimate of drug-likeness (QED) is 0.479. The molecule has 182 valence electrons. The molecule has 0 saturated heterocycles. The highest BCUT2D eigenvalue weighted by molar-refractivity contribution is 5.70. The summed E-state index contributed by atoms with van der Waals surface area (Å²) in [7, 11) is 1.82. The molecule has 0 bridgehead atoms. The second kappa shape index (κ2) is 10.2. The van der Waals surface area contributed by atoms with E-state index in [0.717, 1.165) is 30.7 Å². The summed E-state index contributed by atoms with van der Waals surface area (Å²) < 4.78 is 13.1. The summed E-state index contributed by atoms with van der Waals surface area (Å²) in [5, 5.41) is 24.9. The topological polar surface area (TPSA) is 141 Å². The Balaban J connectivity index is 1.45. The zero-order valence-corrected chi connectivity index (χ0v) is 20.0. The van der Waals surface area contributed by atoms with E-state index in [2.05, 4.69) is 39.6 Å². The lowest BCUT2D eigenvalue weighted by Gasteiger charge is -2.27. The zero-order valence-electron chi connectivity index (χ0n) is 20.0. The molecular weight excluding hydrogens is 438 g/mol.